The van der Waals surface area contributed by atoms with E-state index >= 15 is 0 Å². The van der Waals surface area contributed by atoms with Gasteiger partial charge in [-0.15, -0.1) is 0 Å². The van der Waals surface area contributed by atoms with Crippen molar-refractivity contribution in [3.05, 3.63) is 40.5 Å². The van der Waals surface area contributed by atoms with Gasteiger partial charge in [-0.05, 0) is 42.6 Å². The zero-order valence-electron chi connectivity index (χ0n) is 14.3. The summed E-state index contributed by atoms with van der Waals surface area (Å²) in [5.74, 6) is -2.73. The summed E-state index contributed by atoms with van der Waals surface area (Å²) < 4.78 is 36.9. The number of halogens is 2. The normalized spacial score (nSPS) is 10.5. The average Bonchev–Trinajstić information content (AvgIpc) is 2.96. The third-order valence-electron chi connectivity index (χ3n) is 3.39. The van der Waals surface area contributed by atoms with Crippen LogP contribution in [0.15, 0.2) is 12.1 Å². The number of nitrogens with one attached hydrogen (secondary N) is 2. The lowest BCUT2D eigenvalue weighted by Crippen LogP contribution is -2.30. The first kappa shape index (κ1) is 20.5. The zero-order valence-corrected chi connectivity index (χ0v) is 15.2. The maximum Gasteiger partial charge on any atom is 0.319 e. The molecule has 0 saturated carbocycles. The van der Waals surface area contributed by atoms with Gasteiger partial charge in [-0.2, -0.15) is 4.37 Å². The number of carbonyl (C=O) groups excluding carboxylic acids is 2. The van der Waals surface area contributed by atoms with E-state index in [1.165, 1.54) is 0 Å². The van der Waals surface area contributed by atoms with Gasteiger partial charge in [0.1, 0.15) is 28.8 Å². The lowest BCUT2D eigenvalue weighted by atomic mass is 10.1. The van der Waals surface area contributed by atoms with Crippen LogP contribution in [0.5, 0.6) is 5.88 Å². The molecule has 0 unspecified atom stereocenters. The molecule has 146 valence electrons. The van der Waals surface area contributed by atoms with Crippen LogP contribution >= 0.6 is 11.5 Å². The first-order valence-corrected chi connectivity index (χ1v) is 8.63. The van der Waals surface area contributed by atoms with E-state index in [4.69, 9.17) is 15.6 Å². The number of anilines is 1. The number of urea groups is 1. The topological polar surface area (TPSA) is 127 Å². The summed E-state index contributed by atoms with van der Waals surface area (Å²) >= 11 is 0.733. The fourth-order valence-corrected chi connectivity index (χ4v) is 2.85. The SMILES string of the molecule is Cc1cc(F)c(COc2nsc(NC(=O)NCCCO)c2C(N)=O)c(F)c1. The van der Waals surface area contributed by atoms with Crippen LogP contribution in [0.2, 0.25) is 0 Å². The number of nitrogens with two attached hydrogens (primary N) is 1. The van der Waals surface area contributed by atoms with Crippen LogP contribution in [0, 0.1) is 18.6 Å². The fraction of sp³-hybridized carbons (Fsp3) is 0.312. The Kier molecular flexibility index (Phi) is 7.02. The van der Waals surface area contributed by atoms with E-state index in [0.29, 0.717) is 12.0 Å². The molecule has 1 aromatic heterocycles. The predicted molar refractivity (Wildman–Crippen MR) is 94.8 cm³/mol. The summed E-state index contributed by atoms with van der Waals surface area (Å²) in [5, 5.41) is 13.6. The summed E-state index contributed by atoms with van der Waals surface area (Å²) in [6.07, 6.45) is 0.362. The molecule has 1 aromatic carbocycles. The molecule has 0 radical (unpaired) electrons. The smallest absolute Gasteiger partial charge is 0.319 e. The average molecular weight is 400 g/mol. The second-order valence-electron chi connectivity index (χ2n) is 5.51. The minimum Gasteiger partial charge on any atom is -0.471 e. The van der Waals surface area contributed by atoms with E-state index in [0.717, 1.165) is 23.7 Å². The molecule has 11 heteroatoms. The summed E-state index contributed by atoms with van der Waals surface area (Å²) in [5.41, 5.74) is 5.19. The standard InChI is InChI=1S/C16H18F2N4O4S/c1-8-5-10(17)9(11(18)6-8)7-26-14-12(13(19)24)15(27-22-14)21-16(25)20-3-2-4-23/h5-6,23H,2-4,7H2,1H3,(H2,19,24)(H2,20,21,25). The highest BCUT2D eigenvalue weighted by atomic mass is 32.1. The lowest BCUT2D eigenvalue weighted by Gasteiger charge is -2.09. The van der Waals surface area contributed by atoms with E-state index in [-0.39, 0.29) is 35.2 Å². The maximum absolute atomic E-state index is 13.9. The van der Waals surface area contributed by atoms with Crippen molar-refractivity contribution in [2.45, 2.75) is 20.0 Å². The van der Waals surface area contributed by atoms with Crippen molar-refractivity contribution >= 4 is 28.5 Å². The maximum atomic E-state index is 13.9. The molecule has 2 aromatic rings. The highest BCUT2D eigenvalue weighted by Gasteiger charge is 2.22. The quantitative estimate of drug-likeness (QED) is 0.504. The van der Waals surface area contributed by atoms with E-state index in [2.05, 4.69) is 15.0 Å². The summed E-state index contributed by atoms with van der Waals surface area (Å²) in [6, 6.07) is 1.68. The van der Waals surface area contributed by atoms with Gasteiger partial charge in [-0.3, -0.25) is 10.1 Å². The number of ether oxygens (including phenoxy) is 1. The fourth-order valence-electron chi connectivity index (χ4n) is 2.11. The first-order valence-electron chi connectivity index (χ1n) is 7.86. The van der Waals surface area contributed by atoms with Crippen molar-refractivity contribution in [1.29, 1.82) is 0 Å². The second kappa shape index (κ2) is 9.24. The molecular formula is C16H18F2N4O4S. The molecule has 0 spiro atoms. The molecule has 0 aliphatic rings. The van der Waals surface area contributed by atoms with Gasteiger partial charge >= 0.3 is 6.03 Å². The monoisotopic (exact) mass is 400 g/mol. The van der Waals surface area contributed by atoms with Crippen molar-refractivity contribution in [3.8, 4) is 5.88 Å². The Morgan fingerprint density at radius 3 is 2.59 bits per heavy atom. The summed E-state index contributed by atoms with van der Waals surface area (Å²) in [6.45, 7) is 1.18. The van der Waals surface area contributed by atoms with Crippen LogP contribution in [0.1, 0.15) is 27.9 Å². The Bertz CT molecular complexity index is 821. The molecule has 0 aliphatic carbocycles. The van der Waals surface area contributed by atoms with E-state index in [1.54, 1.807) is 6.92 Å². The van der Waals surface area contributed by atoms with Crippen molar-refractivity contribution in [2.75, 3.05) is 18.5 Å². The van der Waals surface area contributed by atoms with Crippen LogP contribution in [-0.2, 0) is 6.61 Å². The largest absolute Gasteiger partial charge is 0.471 e. The number of primary amides is 1. The van der Waals surface area contributed by atoms with Crippen LogP contribution in [0.25, 0.3) is 0 Å². The molecule has 27 heavy (non-hydrogen) atoms. The molecule has 8 nitrogen and oxygen atoms in total. The Morgan fingerprint density at radius 2 is 2.00 bits per heavy atom. The molecule has 2 rings (SSSR count). The summed E-state index contributed by atoms with van der Waals surface area (Å²) in [7, 11) is 0. The number of aliphatic hydroxyl groups excluding tert-OH is 1. The predicted octanol–water partition coefficient (Wildman–Crippen LogP) is 1.91. The molecule has 0 aliphatic heterocycles. The Morgan fingerprint density at radius 1 is 1.33 bits per heavy atom. The Hall–Kier alpha value is -2.79. The van der Waals surface area contributed by atoms with Crippen molar-refractivity contribution < 1.29 is 28.2 Å². The molecule has 5 N–H and O–H groups in total. The number of hydrogen-bond acceptors (Lipinski definition) is 6. The van der Waals surface area contributed by atoms with Crippen molar-refractivity contribution in [2.24, 2.45) is 5.73 Å². The number of aromatic nitrogens is 1. The molecule has 1 heterocycles. The minimum atomic E-state index is -0.922. The molecule has 0 saturated heterocycles. The molecule has 3 amide bonds. The number of rotatable bonds is 8. The van der Waals surface area contributed by atoms with Crippen LogP contribution < -0.4 is 21.1 Å². The minimum absolute atomic E-state index is 0.0313. The number of nitrogens with zero attached hydrogens (tertiary/aromatic N) is 1. The van der Waals surface area contributed by atoms with Crippen molar-refractivity contribution in [1.82, 2.24) is 9.69 Å². The van der Waals surface area contributed by atoms with Gasteiger partial charge in [-0.25, -0.2) is 13.6 Å². The molecule has 0 bridgehead atoms. The number of aryl methyl sites for hydroxylation is 1. The first-order chi connectivity index (χ1) is 12.8. The van der Waals surface area contributed by atoms with Gasteiger partial charge in [0.05, 0.1) is 5.56 Å². The van der Waals surface area contributed by atoms with Gasteiger partial charge < -0.3 is 20.9 Å². The highest BCUT2D eigenvalue weighted by Crippen LogP contribution is 2.31. The van der Waals surface area contributed by atoms with Crippen molar-refractivity contribution in [3.63, 3.8) is 0 Å². The Balaban J connectivity index is 2.13. The zero-order chi connectivity index (χ0) is 20.0. The summed E-state index contributed by atoms with van der Waals surface area (Å²) in [4.78, 5) is 23.4. The second-order valence-corrected chi connectivity index (χ2v) is 6.28. The van der Waals surface area contributed by atoms with Gasteiger partial charge in [0.15, 0.2) is 0 Å². The lowest BCUT2D eigenvalue weighted by molar-refractivity contribution is 0.0996. The van der Waals surface area contributed by atoms with E-state index in [9.17, 15) is 18.4 Å². The van der Waals surface area contributed by atoms with Gasteiger partial charge in [0, 0.05) is 13.2 Å². The number of carbonyl (C=O) groups is 2. The van der Waals surface area contributed by atoms with Gasteiger partial charge in [0.25, 0.3) is 5.91 Å². The van der Waals surface area contributed by atoms with Gasteiger partial charge in [0.2, 0.25) is 5.88 Å². The third-order valence-corrected chi connectivity index (χ3v) is 4.14. The molecular weight excluding hydrogens is 382 g/mol. The number of amides is 3. The molecule has 0 fully saturated rings. The Labute approximate surface area is 157 Å². The third kappa shape index (κ3) is 5.34. The number of hydrogen-bond donors (Lipinski definition) is 4. The van der Waals surface area contributed by atoms with E-state index < -0.39 is 30.2 Å². The number of aliphatic hydroxyl groups is 1. The van der Waals surface area contributed by atoms with Crippen LogP contribution in [0.3, 0.4) is 0 Å². The van der Waals surface area contributed by atoms with Crippen LogP contribution in [-0.4, -0.2) is 34.6 Å². The van der Waals surface area contributed by atoms with E-state index in [1.807, 2.05) is 0 Å². The van der Waals surface area contributed by atoms with Gasteiger partial charge in [-0.1, -0.05) is 0 Å². The number of benzene rings is 1. The highest BCUT2D eigenvalue weighted by molar-refractivity contribution is 7.11. The molecule has 0 atom stereocenters. The van der Waals surface area contributed by atoms with Crippen LogP contribution in [0.4, 0.5) is 18.6 Å².